The summed E-state index contributed by atoms with van der Waals surface area (Å²) in [7, 11) is 1.68. The zero-order chi connectivity index (χ0) is 17.6. The standard InChI is InChI=1S/C20H21N3OS/c1-4-13-23-19(18-8-6-5-7-15(18)2)21-22-20(23)25-14-16-9-11-17(24-3)12-10-16/h4-12H,1,13-14H2,2-3H3. The molecule has 3 rings (SSSR count). The minimum atomic E-state index is 0.682. The summed E-state index contributed by atoms with van der Waals surface area (Å²) in [6.45, 7) is 6.64. The van der Waals surface area contributed by atoms with Crippen molar-refractivity contribution in [2.75, 3.05) is 7.11 Å². The Hall–Kier alpha value is -2.53. The zero-order valence-electron chi connectivity index (χ0n) is 14.5. The van der Waals surface area contributed by atoms with Gasteiger partial charge < -0.3 is 4.74 Å². The average molecular weight is 351 g/mol. The van der Waals surface area contributed by atoms with Crippen LogP contribution in [0.4, 0.5) is 0 Å². The molecule has 0 unspecified atom stereocenters. The normalized spacial score (nSPS) is 10.6. The van der Waals surface area contributed by atoms with E-state index in [1.54, 1.807) is 18.9 Å². The van der Waals surface area contributed by atoms with Crippen LogP contribution in [-0.2, 0) is 12.3 Å². The minimum Gasteiger partial charge on any atom is -0.497 e. The first-order chi connectivity index (χ1) is 12.2. The lowest BCUT2D eigenvalue weighted by atomic mass is 10.1. The third-order valence-electron chi connectivity index (χ3n) is 3.94. The molecule has 3 aromatic rings. The molecule has 0 aliphatic carbocycles. The van der Waals surface area contributed by atoms with Gasteiger partial charge >= 0.3 is 0 Å². The Morgan fingerprint density at radius 2 is 1.88 bits per heavy atom. The number of allylic oxidation sites excluding steroid dienone is 1. The molecule has 0 bridgehead atoms. The highest BCUT2D eigenvalue weighted by Gasteiger charge is 2.15. The smallest absolute Gasteiger partial charge is 0.192 e. The van der Waals surface area contributed by atoms with Crippen molar-refractivity contribution in [3.63, 3.8) is 0 Å². The molecule has 5 heteroatoms. The van der Waals surface area contributed by atoms with Crippen LogP contribution in [0.5, 0.6) is 5.75 Å². The van der Waals surface area contributed by atoms with E-state index in [0.717, 1.165) is 28.0 Å². The molecule has 0 saturated heterocycles. The molecule has 1 aromatic heterocycles. The van der Waals surface area contributed by atoms with Crippen molar-refractivity contribution in [2.45, 2.75) is 24.4 Å². The van der Waals surface area contributed by atoms with E-state index >= 15 is 0 Å². The topological polar surface area (TPSA) is 39.9 Å². The summed E-state index contributed by atoms with van der Waals surface area (Å²) in [6.07, 6.45) is 1.88. The van der Waals surface area contributed by atoms with Crippen LogP contribution < -0.4 is 4.74 Å². The van der Waals surface area contributed by atoms with Crippen LogP contribution in [-0.4, -0.2) is 21.9 Å². The molecule has 25 heavy (non-hydrogen) atoms. The Bertz CT molecular complexity index is 856. The molecule has 0 aliphatic heterocycles. The Balaban J connectivity index is 1.84. The number of rotatable bonds is 7. The van der Waals surface area contributed by atoms with E-state index in [-0.39, 0.29) is 0 Å². The molecule has 0 N–H and O–H groups in total. The molecule has 1 heterocycles. The molecular formula is C20H21N3OS. The first-order valence-electron chi connectivity index (χ1n) is 8.08. The van der Waals surface area contributed by atoms with Crippen molar-refractivity contribution in [3.05, 3.63) is 72.3 Å². The number of ether oxygens (including phenoxy) is 1. The lowest BCUT2D eigenvalue weighted by molar-refractivity contribution is 0.414. The van der Waals surface area contributed by atoms with Gasteiger partial charge in [-0.05, 0) is 30.2 Å². The quantitative estimate of drug-likeness (QED) is 0.455. The number of aromatic nitrogens is 3. The molecule has 0 aliphatic rings. The molecule has 0 fully saturated rings. The molecule has 0 atom stereocenters. The second-order valence-corrected chi connectivity index (χ2v) is 6.60. The number of thioether (sulfide) groups is 1. The SMILES string of the molecule is C=CCn1c(SCc2ccc(OC)cc2)nnc1-c1ccccc1C. The van der Waals surface area contributed by atoms with Crippen molar-refractivity contribution in [1.82, 2.24) is 14.8 Å². The van der Waals surface area contributed by atoms with Crippen LogP contribution >= 0.6 is 11.8 Å². The summed E-state index contributed by atoms with van der Waals surface area (Å²) in [6, 6.07) is 16.3. The van der Waals surface area contributed by atoms with Crippen LogP contribution in [0.15, 0.2) is 66.3 Å². The molecular weight excluding hydrogens is 330 g/mol. The summed E-state index contributed by atoms with van der Waals surface area (Å²) >= 11 is 1.68. The summed E-state index contributed by atoms with van der Waals surface area (Å²) in [4.78, 5) is 0. The van der Waals surface area contributed by atoms with Gasteiger partial charge in [0.2, 0.25) is 0 Å². The highest BCUT2D eigenvalue weighted by atomic mass is 32.2. The average Bonchev–Trinajstić information content (AvgIpc) is 3.04. The third-order valence-corrected chi connectivity index (χ3v) is 4.98. The molecule has 0 radical (unpaired) electrons. The van der Waals surface area contributed by atoms with Crippen LogP contribution in [0.2, 0.25) is 0 Å². The largest absolute Gasteiger partial charge is 0.497 e. The summed E-state index contributed by atoms with van der Waals surface area (Å²) in [5.41, 5.74) is 3.51. The van der Waals surface area contributed by atoms with Crippen LogP contribution in [0.25, 0.3) is 11.4 Å². The van der Waals surface area contributed by atoms with Crippen molar-refractivity contribution < 1.29 is 4.74 Å². The van der Waals surface area contributed by atoms with Crippen LogP contribution in [0.3, 0.4) is 0 Å². The number of nitrogens with zero attached hydrogens (tertiary/aromatic N) is 3. The number of methoxy groups -OCH3 is 1. The fraction of sp³-hybridized carbons (Fsp3) is 0.200. The Kier molecular flexibility index (Phi) is 5.56. The Morgan fingerprint density at radius 3 is 2.56 bits per heavy atom. The highest BCUT2D eigenvalue weighted by Crippen LogP contribution is 2.28. The summed E-state index contributed by atoms with van der Waals surface area (Å²) in [5, 5.41) is 9.73. The monoisotopic (exact) mass is 351 g/mol. The van der Waals surface area contributed by atoms with E-state index < -0.39 is 0 Å². The van der Waals surface area contributed by atoms with E-state index in [4.69, 9.17) is 4.74 Å². The van der Waals surface area contributed by atoms with Gasteiger partial charge in [0, 0.05) is 17.9 Å². The first kappa shape index (κ1) is 17.3. The summed E-state index contributed by atoms with van der Waals surface area (Å²) in [5.74, 6) is 2.58. The Labute approximate surface area is 152 Å². The van der Waals surface area contributed by atoms with Gasteiger partial charge in [0.05, 0.1) is 7.11 Å². The van der Waals surface area contributed by atoms with Gasteiger partial charge in [-0.15, -0.1) is 16.8 Å². The lowest BCUT2D eigenvalue weighted by Gasteiger charge is -2.09. The van der Waals surface area contributed by atoms with Crippen LogP contribution in [0.1, 0.15) is 11.1 Å². The number of aryl methyl sites for hydroxylation is 1. The minimum absolute atomic E-state index is 0.682. The number of benzene rings is 2. The zero-order valence-corrected chi connectivity index (χ0v) is 15.3. The number of hydrogen-bond donors (Lipinski definition) is 0. The Morgan fingerprint density at radius 1 is 1.12 bits per heavy atom. The summed E-state index contributed by atoms with van der Waals surface area (Å²) < 4.78 is 7.32. The van der Waals surface area contributed by atoms with Crippen molar-refractivity contribution in [3.8, 4) is 17.1 Å². The van der Waals surface area contributed by atoms with Gasteiger partial charge in [-0.1, -0.05) is 54.2 Å². The molecule has 4 nitrogen and oxygen atoms in total. The molecule has 2 aromatic carbocycles. The molecule has 0 saturated carbocycles. The van der Waals surface area contributed by atoms with E-state index in [1.807, 2.05) is 30.3 Å². The predicted molar refractivity (Wildman–Crippen MR) is 103 cm³/mol. The first-order valence-corrected chi connectivity index (χ1v) is 9.07. The van der Waals surface area contributed by atoms with E-state index in [0.29, 0.717) is 6.54 Å². The van der Waals surface area contributed by atoms with Gasteiger partial charge in [-0.2, -0.15) is 0 Å². The molecule has 128 valence electrons. The van der Waals surface area contributed by atoms with Gasteiger partial charge in [-0.25, -0.2) is 0 Å². The van der Waals surface area contributed by atoms with Crippen molar-refractivity contribution in [1.29, 1.82) is 0 Å². The number of hydrogen-bond acceptors (Lipinski definition) is 4. The maximum absolute atomic E-state index is 5.20. The van der Waals surface area contributed by atoms with Gasteiger partial charge in [0.15, 0.2) is 11.0 Å². The van der Waals surface area contributed by atoms with Crippen LogP contribution in [0, 0.1) is 6.92 Å². The predicted octanol–water partition coefficient (Wildman–Crippen LogP) is 4.74. The highest BCUT2D eigenvalue weighted by molar-refractivity contribution is 7.98. The fourth-order valence-corrected chi connectivity index (χ4v) is 3.49. The van der Waals surface area contributed by atoms with Crippen molar-refractivity contribution >= 4 is 11.8 Å². The van der Waals surface area contributed by atoms with Gasteiger partial charge in [0.1, 0.15) is 5.75 Å². The maximum atomic E-state index is 5.20. The third kappa shape index (κ3) is 3.94. The lowest BCUT2D eigenvalue weighted by Crippen LogP contribution is -2.01. The maximum Gasteiger partial charge on any atom is 0.192 e. The van der Waals surface area contributed by atoms with Gasteiger partial charge in [0.25, 0.3) is 0 Å². The van der Waals surface area contributed by atoms with E-state index in [1.165, 1.54) is 11.1 Å². The molecule has 0 amide bonds. The second-order valence-electron chi connectivity index (χ2n) is 5.66. The van der Waals surface area contributed by atoms with Crippen molar-refractivity contribution in [2.24, 2.45) is 0 Å². The van der Waals surface area contributed by atoms with E-state index in [9.17, 15) is 0 Å². The molecule has 0 spiro atoms. The fourth-order valence-electron chi connectivity index (χ4n) is 2.58. The van der Waals surface area contributed by atoms with Gasteiger partial charge in [-0.3, -0.25) is 4.57 Å². The second kappa shape index (κ2) is 8.03. The van der Waals surface area contributed by atoms with E-state index in [2.05, 4.69) is 52.5 Å².